The summed E-state index contributed by atoms with van der Waals surface area (Å²) in [5.74, 6) is 0.481. The van der Waals surface area contributed by atoms with Crippen LogP contribution in [0, 0.1) is 12.7 Å². The summed E-state index contributed by atoms with van der Waals surface area (Å²) in [6.07, 6.45) is 1.11. The molecule has 30 heavy (non-hydrogen) atoms. The smallest absolute Gasteiger partial charge is 0.191 e. The van der Waals surface area contributed by atoms with Crippen molar-refractivity contribution in [3.63, 3.8) is 0 Å². The van der Waals surface area contributed by atoms with Crippen LogP contribution in [0.2, 0.25) is 0 Å². The number of rotatable bonds is 6. The maximum atomic E-state index is 14.6. The molecule has 7 heteroatoms. The minimum Gasteiger partial charge on any atom is -0.393 e. The Labute approximate surface area is 195 Å². The lowest BCUT2D eigenvalue weighted by molar-refractivity contribution is 0.145. The zero-order valence-corrected chi connectivity index (χ0v) is 20.0. The first kappa shape index (κ1) is 24.4. The van der Waals surface area contributed by atoms with Gasteiger partial charge in [0.1, 0.15) is 5.82 Å². The molecule has 0 unspecified atom stereocenters. The Balaban J connectivity index is 0.00000320. The molecular formula is C23H32FIN4O. The summed E-state index contributed by atoms with van der Waals surface area (Å²) < 4.78 is 14.6. The molecule has 0 amide bonds. The number of aliphatic hydroxyl groups is 1. The van der Waals surface area contributed by atoms with E-state index in [2.05, 4.69) is 46.8 Å². The van der Waals surface area contributed by atoms with Crippen molar-refractivity contribution in [2.24, 2.45) is 4.99 Å². The Morgan fingerprint density at radius 1 is 1.10 bits per heavy atom. The fraction of sp³-hybridized carbons (Fsp3) is 0.435. The first-order valence-corrected chi connectivity index (χ1v) is 10.3. The molecule has 1 aliphatic heterocycles. The van der Waals surface area contributed by atoms with Crippen LogP contribution in [-0.2, 0) is 13.1 Å². The highest BCUT2D eigenvalue weighted by atomic mass is 127. The molecule has 0 spiro atoms. The molecule has 164 valence electrons. The van der Waals surface area contributed by atoms with E-state index < -0.39 is 0 Å². The van der Waals surface area contributed by atoms with Crippen LogP contribution in [0.15, 0.2) is 47.5 Å². The standard InChI is InChI=1S/C23H31FN4O.HI/c1-3-25-23(26-15-18-6-4-17(2)5-7-18)27-16-19-8-9-22(21(24)14-19)28-12-10-20(29)11-13-28;/h4-9,14,20,29H,3,10-13,15-16H2,1-2H3,(H2,25,26,27);1H. The van der Waals surface area contributed by atoms with Gasteiger partial charge in [-0.3, -0.25) is 0 Å². The molecule has 0 bridgehead atoms. The minimum absolute atomic E-state index is 0. The number of aliphatic hydroxyl groups excluding tert-OH is 1. The number of aryl methyl sites for hydroxylation is 1. The van der Waals surface area contributed by atoms with Crippen LogP contribution in [0.1, 0.15) is 36.5 Å². The number of hydrogen-bond acceptors (Lipinski definition) is 3. The molecule has 2 aromatic carbocycles. The van der Waals surface area contributed by atoms with Crippen molar-refractivity contribution >= 4 is 35.6 Å². The molecular weight excluding hydrogens is 494 g/mol. The lowest BCUT2D eigenvalue weighted by Gasteiger charge is -2.31. The predicted octanol–water partition coefficient (Wildman–Crippen LogP) is 3.97. The predicted molar refractivity (Wildman–Crippen MR) is 132 cm³/mol. The van der Waals surface area contributed by atoms with Gasteiger partial charge in [0.2, 0.25) is 0 Å². The van der Waals surface area contributed by atoms with E-state index in [1.807, 2.05) is 24.0 Å². The maximum Gasteiger partial charge on any atom is 0.191 e. The summed E-state index contributed by atoms with van der Waals surface area (Å²) in [6, 6.07) is 13.7. The molecule has 0 radical (unpaired) electrons. The highest BCUT2D eigenvalue weighted by molar-refractivity contribution is 14.0. The summed E-state index contributed by atoms with van der Waals surface area (Å²) in [6.45, 7) is 7.30. The highest BCUT2D eigenvalue weighted by Crippen LogP contribution is 2.24. The third-order valence-corrected chi connectivity index (χ3v) is 5.16. The van der Waals surface area contributed by atoms with Gasteiger partial charge in [0, 0.05) is 26.2 Å². The number of guanidine groups is 1. The van der Waals surface area contributed by atoms with Crippen molar-refractivity contribution in [1.82, 2.24) is 10.6 Å². The molecule has 1 saturated heterocycles. The molecule has 1 fully saturated rings. The van der Waals surface area contributed by atoms with Crippen LogP contribution >= 0.6 is 24.0 Å². The number of benzene rings is 2. The second-order valence-electron chi connectivity index (χ2n) is 7.54. The number of anilines is 1. The summed E-state index contributed by atoms with van der Waals surface area (Å²) in [5, 5.41) is 16.2. The number of nitrogens with zero attached hydrogens (tertiary/aromatic N) is 2. The molecule has 0 aliphatic carbocycles. The van der Waals surface area contributed by atoms with Gasteiger partial charge in [-0.1, -0.05) is 35.9 Å². The number of halogens is 2. The van der Waals surface area contributed by atoms with E-state index in [9.17, 15) is 9.50 Å². The first-order chi connectivity index (χ1) is 14.0. The summed E-state index contributed by atoms with van der Waals surface area (Å²) in [7, 11) is 0. The van der Waals surface area contributed by atoms with Crippen molar-refractivity contribution in [3.8, 4) is 0 Å². The van der Waals surface area contributed by atoms with Crippen molar-refractivity contribution < 1.29 is 9.50 Å². The molecule has 1 heterocycles. The third kappa shape index (κ3) is 7.12. The van der Waals surface area contributed by atoms with Crippen LogP contribution in [0.4, 0.5) is 10.1 Å². The van der Waals surface area contributed by atoms with E-state index in [0.717, 1.165) is 12.1 Å². The molecule has 3 N–H and O–H groups in total. The lowest BCUT2D eigenvalue weighted by atomic mass is 10.1. The normalized spacial score (nSPS) is 14.9. The van der Waals surface area contributed by atoms with E-state index in [0.29, 0.717) is 50.7 Å². The van der Waals surface area contributed by atoms with Crippen molar-refractivity contribution in [2.45, 2.75) is 45.9 Å². The number of nitrogens with one attached hydrogen (secondary N) is 2. The van der Waals surface area contributed by atoms with Gasteiger partial charge in [0.05, 0.1) is 18.3 Å². The average Bonchev–Trinajstić information content (AvgIpc) is 2.72. The van der Waals surface area contributed by atoms with Crippen molar-refractivity contribution in [1.29, 1.82) is 0 Å². The van der Waals surface area contributed by atoms with Gasteiger partial charge in [-0.05, 0) is 49.9 Å². The van der Waals surface area contributed by atoms with E-state index >= 15 is 0 Å². The maximum absolute atomic E-state index is 14.6. The Hall–Kier alpha value is -1.87. The molecule has 0 saturated carbocycles. The molecule has 3 rings (SSSR count). The zero-order chi connectivity index (χ0) is 20.6. The fourth-order valence-corrected chi connectivity index (χ4v) is 3.42. The van der Waals surface area contributed by atoms with Gasteiger partial charge in [0.15, 0.2) is 5.96 Å². The van der Waals surface area contributed by atoms with Gasteiger partial charge in [-0.15, -0.1) is 24.0 Å². The van der Waals surface area contributed by atoms with Crippen molar-refractivity contribution in [3.05, 3.63) is 65.0 Å². The number of piperidine rings is 1. The highest BCUT2D eigenvalue weighted by Gasteiger charge is 2.19. The monoisotopic (exact) mass is 526 g/mol. The van der Waals surface area contributed by atoms with E-state index in [4.69, 9.17) is 0 Å². The SMILES string of the molecule is CCNC(=NCc1ccc(N2CCC(O)CC2)c(F)c1)NCc1ccc(C)cc1.I. The average molecular weight is 526 g/mol. The second-order valence-corrected chi connectivity index (χ2v) is 7.54. The van der Waals surface area contributed by atoms with Gasteiger partial charge in [0.25, 0.3) is 0 Å². The minimum atomic E-state index is -0.264. The largest absolute Gasteiger partial charge is 0.393 e. The summed E-state index contributed by atoms with van der Waals surface area (Å²) >= 11 is 0. The van der Waals surface area contributed by atoms with Gasteiger partial charge in [-0.25, -0.2) is 9.38 Å². The lowest BCUT2D eigenvalue weighted by Crippen LogP contribution is -2.36. The zero-order valence-electron chi connectivity index (χ0n) is 17.7. The Morgan fingerprint density at radius 2 is 1.77 bits per heavy atom. The molecule has 1 aliphatic rings. The topological polar surface area (TPSA) is 59.9 Å². The van der Waals surface area contributed by atoms with Crippen LogP contribution in [0.3, 0.4) is 0 Å². The molecule has 5 nitrogen and oxygen atoms in total. The number of hydrogen-bond donors (Lipinski definition) is 3. The molecule has 0 aromatic heterocycles. The van der Waals surface area contributed by atoms with Gasteiger partial charge < -0.3 is 20.6 Å². The van der Waals surface area contributed by atoms with Crippen molar-refractivity contribution in [2.75, 3.05) is 24.5 Å². The van der Waals surface area contributed by atoms with Gasteiger partial charge in [-0.2, -0.15) is 0 Å². The third-order valence-electron chi connectivity index (χ3n) is 5.16. The Morgan fingerprint density at radius 3 is 2.40 bits per heavy atom. The summed E-state index contributed by atoms with van der Waals surface area (Å²) in [4.78, 5) is 6.59. The summed E-state index contributed by atoms with van der Waals surface area (Å²) in [5.41, 5.74) is 3.86. The Kier molecular flexibility index (Phi) is 9.84. The van der Waals surface area contributed by atoms with E-state index in [1.165, 1.54) is 11.1 Å². The quantitative estimate of drug-likeness (QED) is 0.303. The fourth-order valence-electron chi connectivity index (χ4n) is 3.42. The molecule has 0 atom stereocenters. The van der Waals surface area contributed by atoms with Crippen LogP contribution in [0.25, 0.3) is 0 Å². The van der Waals surface area contributed by atoms with Crippen LogP contribution in [-0.4, -0.2) is 36.8 Å². The van der Waals surface area contributed by atoms with Crippen LogP contribution in [0.5, 0.6) is 0 Å². The van der Waals surface area contributed by atoms with Gasteiger partial charge >= 0.3 is 0 Å². The van der Waals surface area contributed by atoms with Crippen LogP contribution < -0.4 is 15.5 Å². The van der Waals surface area contributed by atoms with E-state index in [1.54, 1.807) is 6.07 Å². The first-order valence-electron chi connectivity index (χ1n) is 10.3. The molecule has 2 aromatic rings. The second kappa shape index (κ2) is 12.1. The number of aliphatic imine (C=N–C) groups is 1. The van der Waals surface area contributed by atoms with E-state index in [-0.39, 0.29) is 35.9 Å². The Bertz CT molecular complexity index is 820.